The third-order valence-electron chi connectivity index (χ3n) is 1.04. The molecule has 1 rings (SSSR count). The molecule has 9 heavy (non-hydrogen) atoms. The Morgan fingerprint density at radius 2 is 2.56 bits per heavy atom. The third-order valence-corrected chi connectivity index (χ3v) is 1.04. The molecule has 0 aromatic carbocycles. The van der Waals surface area contributed by atoms with E-state index in [1.54, 1.807) is 18.4 Å². The lowest BCUT2D eigenvalue weighted by Gasteiger charge is -2.09. The summed E-state index contributed by atoms with van der Waals surface area (Å²) in [6, 6.07) is 1.98. The van der Waals surface area contributed by atoms with Gasteiger partial charge in [-0.05, 0) is 12.2 Å². The van der Waals surface area contributed by atoms with Crippen LogP contribution < -0.4 is 11.1 Å². The minimum Gasteiger partial charge on any atom is -0.372 e. The highest BCUT2D eigenvalue weighted by molar-refractivity contribution is 5.35. The number of nitrogens with two attached hydrogens (primary N) is 1. The van der Waals surface area contributed by atoms with Crippen LogP contribution >= 0.6 is 0 Å². The molecule has 0 amide bonds. The van der Waals surface area contributed by atoms with Crippen molar-refractivity contribution < 1.29 is 0 Å². The lowest BCUT2D eigenvalue weighted by atomic mass is 10.2. The van der Waals surface area contributed by atoms with Gasteiger partial charge in [0.05, 0.1) is 11.7 Å². The number of hydrogen-bond acceptors (Lipinski definition) is 3. The third kappa shape index (κ3) is 1.31. The monoisotopic (exact) mass is 121 g/mol. The van der Waals surface area contributed by atoms with E-state index in [0.717, 1.165) is 0 Å². The van der Waals surface area contributed by atoms with Crippen LogP contribution in [0.15, 0.2) is 23.9 Å². The Balaban J connectivity index is 2.66. The summed E-state index contributed by atoms with van der Waals surface area (Å²) in [5.74, 6) is 0. The van der Waals surface area contributed by atoms with Crippen molar-refractivity contribution in [3.8, 4) is 6.07 Å². The van der Waals surface area contributed by atoms with E-state index in [0.29, 0.717) is 5.57 Å². The largest absolute Gasteiger partial charge is 0.372 e. The number of nitrogens with zero attached hydrogens (tertiary/aromatic N) is 1. The number of dihydropyridines is 1. The molecular weight excluding hydrogens is 114 g/mol. The van der Waals surface area contributed by atoms with Gasteiger partial charge in [-0.25, -0.2) is 0 Å². The standard InChI is InChI=1S/C6H7N3/c7-3-5-1-2-6(8)9-4-5/h1-2,4,6,9H,8H2. The van der Waals surface area contributed by atoms with Crippen LogP contribution in [0.2, 0.25) is 0 Å². The van der Waals surface area contributed by atoms with E-state index in [9.17, 15) is 0 Å². The second-order valence-corrected chi connectivity index (χ2v) is 1.76. The molecular formula is C6H7N3. The maximum atomic E-state index is 8.33. The molecule has 1 aliphatic rings. The highest BCUT2D eigenvalue weighted by Crippen LogP contribution is 1.97. The van der Waals surface area contributed by atoms with Crippen molar-refractivity contribution in [3.63, 3.8) is 0 Å². The van der Waals surface area contributed by atoms with Gasteiger partial charge in [-0.15, -0.1) is 0 Å². The normalized spacial score (nSPS) is 24.0. The summed E-state index contributed by atoms with van der Waals surface area (Å²) in [5, 5.41) is 11.1. The summed E-state index contributed by atoms with van der Waals surface area (Å²) in [5.41, 5.74) is 6.01. The highest BCUT2D eigenvalue weighted by Gasteiger charge is 1.98. The second kappa shape index (κ2) is 2.33. The zero-order valence-corrected chi connectivity index (χ0v) is 4.83. The van der Waals surface area contributed by atoms with Gasteiger partial charge in [0.25, 0.3) is 0 Å². The Morgan fingerprint density at radius 3 is 3.00 bits per heavy atom. The number of allylic oxidation sites excluding steroid dienone is 2. The molecule has 3 N–H and O–H groups in total. The first-order chi connectivity index (χ1) is 4.33. The Bertz CT molecular complexity index is 197. The number of rotatable bonds is 0. The van der Waals surface area contributed by atoms with Crippen LogP contribution in [0.25, 0.3) is 0 Å². The molecule has 0 saturated heterocycles. The molecule has 0 aromatic rings. The zero-order chi connectivity index (χ0) is 6.69. The van der Waals surface area contributed by atoms with Crippen LogP contribution in [-0.4, -0.2) is 6.17 Å². The van der Waals surface area contributed by atoms with Gasteiger partial charge < -0.3 is 11.1 Å². The van der Waals surface area contributed by atoms with E-state index in [-0.39, 0.29) is 6.17 Å². The van der Waals surface area contributed by atoms with Crippen LogP contribution in [0, 0.1) is 11.3 Å². The molecule has 0 radical (unpaired) electrons. The zero-order valence-electron chi connectivity index (χ0n) is 4.83. The van der Waals surface area contributed by atoms with Gasteiger partial charge in [0.15, 0.2) is 0 Å². The Kier molecular flexibility index (Phi) is 1.52. The summed E-state index contributed by atoms with van der Waals surface area (Å²) in [4.78, 5) is 0. The lowest BCUT2D eigenvalue weighted by molar-refractivity contribution is 0.724. The molecule has 3 nitrogen and oxygen atoms in total. The van der Waals surface area contributed by atoms with Crippen molar-refractivity contribution in [2.75, 3.05) is 0 Å². The highest BCUT2D eigenvalue weighted by atomic mass is 15.0. The van der Waals surface area contributed by atoms with E-state index >= 15 is 0 Å². The van der Waals surface area contributed by atoms with Gasteiger partial charge >= 0.3 is 0 Å². The number of hydrogen-bond donors (Lipinski definition) is 2. The average molecular weight is 121 g/mol. The second-order valence-electron chi connectivity index (χ2n) is 1.76. The first kappa shape index (κ1) is 5.86. The van der Waals surface area contributed by atoms with Crippen molar-refractivity contribution in [3.05, 3.63) is 23.9 Å². The van der Waals surface area contributed by atoms with E-state index in [2.05, 4.69) is 5.32 Å². The van der Waals surface area contributed by atoms with Gasteiger partial charge in [-0.1, -0.05) is 0 Å². The first-order valence-electron chi connectivity index (χ1n) is 2.63. The topological polar surface area (TPSA) is 61.8 Å². The maximum absolute atomic E-state index is 8.33. The number of nitriles is 1. The van der Waals surface area contributed by atoms with Crippen LogP contribution in [0.5, 0.6) is 0 Å². The summed E-state index contributed by atoms with van der Waals surface area (Å²) in [6.45, 7) is 0. The molecule has 0 spiro atoms. The van der Waals surface area contributed by atoms with E-state index < -0.39 is 0 Å². The summed E-state index contributed by atoms with van der Waals surface area (Å²) in [6.07, 6.45) is 4.90. The fourth-order valence-corrected chi connectivity index (χ4v) is 0.567. The Labute approximate surface area is 53.5 Å². The first-order valence-corrected chi connectivity index (χ1v) is 2.63. The van der Waals surface area contributed by atoms with Gasteiger partial charge in [0.1, 0.15) is 6.07 Å². The van der Waals surface area contributed by atoms with Gasteiger partial charge in [-0.2, -0.15) is 5.26 Å². The smallest absolute Gasteiger partial charge is 0.101 e. The SMILES string of the molecule is N#CC1=CNC(N)C=C1. The maximum Gasteiger partial charge on any atom is 0.101 e. The van der Waals surface area contributed by atoms with E-state index in [1.165, 1.54) is 0 Å². The minimum atomic E-state index is -0.137. The van der Waals surface area contributed by atoms with Crippen LogP contribution in [0.4, 0.5) is 0 Å². The molecule has 3 heteroatoms. The quantitative estimate of drug-likeness (QED) is 0.468. The number of nitrogens with one attached hydrogen (secondary N) is 1. The van der Waals surface area contributed by atoms with Crippen molar-refractivity contribution >= 4 is 0 Å². The fourth-order valence-electron chi connectivity index (χ4n) is 0.567. The Morgan fingerprint density at radius 1 is 1.78 bits per heavy atom. The summed E-state index contributed by atoms with van der Waals surface area (Å²) >= 11 is 0. The fraction of sp³-hybridized carbons (Fsp3) is 0.167. The van der Waals surface area contributed by atoms with Gasteiger partial charge in [0.2, 0.25) is 0 Å². The van der Waals surface area contributed by atoms with Crippen LogP contribution in [-0.2, 0) is 0 Å². The van der Waals surface area contributed by atoms with Gasteiger partial charge in [0, 0.05) is 6.20 Å². The summed E-state index contributed by atoms with van der Waals surface area (Å²) in [7, 11) is 0. The molecule has 0 fully saturated rings. The lowest BCUT2D eigenvalue weighted by Crippen LogP contribution is -2.33. The predicted octanol–water partition coefficient (Wildman–Crippen LogP) is -0.162. The van der Waals surface area contributed by atoms with Crippen molar-refractivity contribution in [2.45, 2.75) is 6.17 Å². The minimum absolute atomic E-state index is 0.137. The molecule has 1 heterocycles. The molecule has 0 aliphatic carbocycles. The molecule has 0 aromatic heterocycles. The predicted molar refractivity (Wildman–Crippen MR) is 33.9 cm³/mol. The van der Waals surface area contributed by atoms with Crippen LogP contribution in [0.3, 0.4) is 0 Å². The molecule has 0 bridgehead atoms. The molecule has 1 aliphatic heterocycles. The average Bonchev–Trinajstić information content (AvgIpc) is 1.90. The van der Waals surface area contributed by atoms with Crippen molar-refractivity contribution in [1.82, 2.24) is 5.32 Å². The molecule has 1 unspecified atom stereocenters. The van der Waals surface area contributed by atoms with Gasteiger partial charge in [-0.3, -0.25) is 0 Å². The van der Waals surface area contributed by atoms with Crippen LogP contribution in [0.1, 0.15) is 0 Å². The van der Waals surface area contributed by atoms with E-state index in [4.69, 9.17) is 11.0 Å². The Hall–Kier alpha value is -1.27. The molecule has 46 valence electrons. The molecule has 0 saturated carbocycles. The van der Waals surface area contributed by atoms with Crippen molar-refractivity contribution in [1.29, 1.82) is 5.26 Å². The molecule has 1 atom stereocenters. The van der Waals surface area contributed by atoms with Crippen molar-refractivity contribution in [2.24, 2.45) is 5.73 Å². The van der Waals surface area contributed by atoms with E-state index in [1.807, 2.05) is 6.07 Å². The summed E-state index contributed by atoms with van der Waals surface area (Å²) < 4.78 is 0.